The van der Waals surface area contributed by atoms with Crippen LogP contribution >= 0.6 is 0 Å². The van der Waals surface area contributed by atoms with Gasteiger partial charge >= 0.3 is 5.97 Å². The molecule has 15 heavy (non-hydrogen) atoms. The van der Waals surface area contributed by atoms with Gasteiger partial charge in [-0.15, -0.1) is 0 Å². The number of rotatable bonds is 5. The first-order chi connectivity index (χ1) is 7.22. The number of esters is 1. The Hall–Kier alpha value is -1.97. The number of carbonyl (C=O) groups is 1. The average Bonchev–Trinajstić information content (AvgIpc) is 2.26. The summed E-state index contributed by atoms with van der Waals surface area (Å²) < 4.78 is 4.79. The Morgan fingerprint density at radius 3 is 2.73 bits per heavy atom. The molecule has 0 heterocycles. The number of carbonyl (C=O) groups excluding carboxylic acids is 1. The number of hydrogen-bond acceptors (Lipinski definition) is 4. The number of hydrogen-bond donors (Lipinski definition) is 2. The zero-order chi connectivity index (χ0) is 11.1. The fourth-order valence-corrected chi connectivity index (χ4v) is 1.01. The van der Waals surface area contributed by atoms with Crippen molar-refractivity contribution in [2.45, 2.75) is 0 Å². The van der Waals surface area contributed by atoms with E-state index in [1.807, 2.05) is 12.1 Å². The van der Waals surface area contributed by atoms with E-state index in [1.54, 1.807) is 12.1 Å². The molecule has 0 radical (unpaired) electrons. The van der Waals surface area contributed by atoms with E-state index in [4.69, 9.17) is 10.5 Å². The number of nitrogens with one attached hydrogen (secondary N) is 1. The van der Waals surface area contributed by atoms with E-state index in [-0.39, 0.29) is 0 Å². The van der Waals surface area contributed by atoms with E-state index in [0.29, 0.717) is 13.2 Å². The molecule has 0 spiro atoms. The number of anilines is 2. The van der Waals surface area contributed by atoms with Gasteiger partial charge in [0.25, 0.3) is 0 Å². The lowest BCUT2D eigenvalue weighted by Gasteiger charge is -2.06. The molecule has 0 saturated heterocycles. The van der Waals surface area contributed by atoms with Gasteiger partial charge in [-0.05, 0) is 24.3 Å². The summed E-state index contributed by atoms with van der Waals surface area (Å²) in [6, 6.07) is 7.34. The Morgan fingerprint density at radius 2 is 2.13 bits per heavy atom. The van der Waals surface area contributed by atoms with E-state index in [0.717, 1.165) is 17.5 Å². The Kier molecular flexibility index (Phi) is 4.22. The number of nitrogens with two attached hydrogens (primary N) is 1. The monoisotopic (exact) mass is 206 g/mol. The summed E-state index contributed by atoms with van der Waals surface area (Å²) >= 11 is 0. The Bertz CT molecular complexity index is 333. The SMILES string of the molecule is C=CC(=O)OCCNc1ccc(N)cc1. The highest BCUT2D eigenvalue weighted by atomic mass is 16.5. The zero-order valence-electron chi connectivity index (χ0n) is 8.40. The van der Waals surface area contributed by atoms with Crippen LogP contribution in [0.25, 0.3) is 0 Å². The summed E-state index contributed by atoms with van der Waals surface area (Å²) in [6.07, 6.45) is 1.14. The highest BCUT2D eigenvalue weighted by Crippen LogP contribution is 2.09. The first-order valence-corrected chi connectivity index (χ1v) is 4.61. The lowest BCUT2D eigenvalue weighted by atomic mass is 10.3. The van der Waals surface area contributed by atoms with Gasteiger partial charge in [-0.2, -0.15) is 0 Å². The second-order valence-corrected chi connectivity index (χ2v) is 2.92. The third kappa shape index (κ3) is 4.17. The molecule has 0 amide bonds. The Morgan fingerprint density at radius 1 is 1.47 bits per heavy atom. The maximum absolute atomic E-state index is 10.7. The fourth-order valence-electron chi connectivity index (χ4n) is 1.01. The molecule has 0 bridgehead atoms. The van der Waals surface area contributed by atoms with Crippen LogP contribution in [0.15, 0.2) is 36.9 Å². The second-order valence-electron chi connectivity index (χ2n) is 2.92. The van der Waals surface area contributed by atoms with Crippen molar-refractivity contribution in [3.05, 3.63) is 36.9 Å². The third-order valence-corrected chi connectivity index (χ3v) is 1.75. The fraction of sp³-hybridized carbons (Fsp3) is 0.182. The predicted molar refractivity (Wildman–Crippen MR) is 60.5 cm³/mol. The molecule has 0 aliphatic rings. The van der Waals surface area contributed by atoms with Crippen molar-refractivity contribution in [2.75, 3.05) is 24.2 Å². The molecule has 4 heteroatoms. The van der Waals surface area contributed by atoms with Crippen molar-refractivity contribution < 1.29 is 9.53 Å². The molecule has 0 saturated carbocycles. The first-order valence-electron chi connectivity index (χ1n) is 4.61. The minimum absolute atomic E-state index is 0.315. The standard InChI is InChI=1S/C11H14N2O2/c1-2-11(14)15-8-7-13-10-5-3-9(12)4-6-10/h2-6,13H,1,7-8,12H2. The van der Waals surface area contributed by atoms with Crippen LogP contribution in [0.2, 0.25) is 0 Å². The van der Waals surface area contributed by atoms with Crippen LogP contribution in [0, 0.1) is 0 Å². The van der Waals surface area contributed by atoms with E-state index in [1.165, 1.54) is 0 Å². The summed E-state index contributed by atoms with van der Waals surface area (Å²) in [7, 11) is 0. The molecular weight excluding hydrogens is 192 g/mol. The van der Waals surface area contributed by atoms with Crippen LogP contribution in [0.3, 0.4) is 0 Å². The van der Waals surface area contributed by atoms with Crippen LogP contribution in [0.5, 0.6) is 0 Å². The van der Waals surface area contributed by atoms with Crippen molar-refractivity contribution in [1.82, 2.24) is 0 Å². The lowest BCUT2D eigenvalue weighted by molar-refractivity contribution is -0.137. The Balaban J connectivity index is 2.23. The normalized spacial score (nSPS) is 9.33. The number of ether oxygens (including phenoxy) is 1. The van der Waals surface area contributed by atoms with Gasteiger partial charge in [0, 0.05) is 24.0 Å². The van der Waals surface area contributed by atoms with Crippen molar-refractivity contribution in [3.63, 3.8) is 0 Å². The van der Waals surface area contributed by atoms with Gasteiger partial charge in [-0.1, -0.05) is 6.58 Å². The largest absolute Gasteiger partial charge is 0.461 e. The molecule has 0 aromatic heterocycles. The summed E-state index contributed by atoms with van der Waals surface area (Å²) in [5, 5.41) is 3.08. The first kappa shape index (κ1) is 11.1. The van der Waals surface area contributed by atoms with E-state index >= 15 is 0 Å². The average molecular weight is 206 g/mol. The molecular formula is C11H14N2O2. The van der Waals surface area contributed by atoms with E-state index in [2.05, 4.69) is 11.9 Å². The second kappa shape index (κ2) is 5.70. The molecule has 1 aromatic rings. The molecule has 4 nitrogen and oxygen atoms in total. The molecule has 0 atom stereocenters. The summed E-state index contributed by atoms with van der Waals surface area (Å²) in [5.74, 6) is -0.408. The molecule has 0 aliphatic heterocycles. The predicted octanol–water partition coefficient (Wildman–Crippen LogP) is 1.41. The van der Waals surface area contributed by atoms with Crippen molar-refractivity contribution in [1.29, 1.82) is 0 Å². The van der Waals surface area contributed by atoms with Gasteiger partial charge in [-0.25, -0.2) is 4.79 Å². The summed E-state index contributed by atoms with van der Waals surface area (Å²) in [4.78, 5) is 10.7. The van der Waals surface area contributed by atoms with Crippen LogP contribution in [0.4, 0.5) is 11.4 Å². The molecule has 0 fully saturated rings. The lowest BCUT2D eigenvalue weighted by Crippen LogP contribution is -2.12. The van der Waals surface area contributed by atoms with E-state index < -0.39 is 5.97 Å². The smallest absolute Gasteiger partial charge is 0.330 e. The van der Waals surface area contributed by atoms with Gasteiger partial charge in [0.15, 0.2) is 0 Å². The quantitative estimate of drug-likeness (QED) is 0.331. The van der Waals surface area contributed by atoms with Gasteiger partial charge < -0.3 is 15.8 Å². The number of benzene rings is 1. The summed E-state index contributed by atoms with van der Waals surface area (Å²) in [5.41, 5.74) is 7.20. The van der Waals surface area contributed by atoms with Gasteiger partial charge in [-0.3, -0.25) is 0 Å². The van der Waals surface area contributed by atoms with Gasteiger partial charge in [0.1, 0.15) is 6.61 Å². The molecule has 0 aliphatic carbocycles. The zero-order valence-corrected chi connectivity index (χ0v) is 8.40. The van der Waals surface area contributed by atoms with Crippen molar-refractivity contribution >= 4 is 17.3 Å². The van der Waals surface area contributed by atoms with Crippen LogP contribution in [0.1, 0.15) is 0 Å². The molecule has 80 valence electrons. The van der Waals surface area contributed by atoms with E-state index in [9.17, 15) is 4.79 Å². The third-order valence-electron chi connectivity index (χ3n) is 1.75. The maximum Gasteiger partial charge on any atom is 0.330 e. The van der Waals surface area contributed by atoms with Gasteiger partial charge in [0.05, 0.1) is 0 Å². The minimum Gasteiger partial charge on any atom is -0.461 e. The van der Waals surface area contributed by atoms with Crippen LogP contribution < -0.4 is 11.1 Å². The van der Waals surface area contributed by atoms with Crippen LogP contribution in [-0.4, -0.2) is 19.1 Å². The molecule has 3 N–H and O–H groups in total. The summed E-state index contributed by atoms with van der Waals surface area (Å²) in [6.45, 7) is 4.17. The minimum atomic E-state index is -0.408. The van der Waals surface area contributed by atoms with Crippen molar-refractivity contribution in [3.8, 4) is 0 Å². The topological polar surface area (TPSA) is 64.3 Å². The number of nitrogen functional groups attached to an aromatic ring is 1. The highest BCUT2D eigenvalue weighted by Gasteiger charge is 1.95. The molecule has 1 rings (SSSR count). The highest BCUT2D eigenvalue weighted by molar-refractivity contribution is 5.81. The molecule has 1 aromatic carbocycles. The van der Waals surface area contributed by atoms with Crippen LogP contribution in [-0.2, 0) is 9.53 Å². The van der Waals surface area contributed by atoms with Gasteiger partial charge in [0.2, 0.25) is 0 Å². The Labute approximate surface area is 88.7 Å². The molecule has 0 unspecified atom stereocenters. The maximum atomic E-state index is 10.7. The van der Waals surface area contributed by atoms with Crippen molar-refractivity contribution in [2.24, 2.45) is 0 Å².